The van der Waals surface area contributed by atoms with Crippen molar-refractivity contribution in [2.24, 2.45) is 11.1 Å². The molecule has 18 heavy (non-hydrogen) atoms. The van der Waals surface area contributed by atoms with Crippen LogP contribution in [0.2, 0.25) is 0 Å². The van der Waals surface area contributed by atoms with E-state index >= 15 is 0 Å². The van der Waals surface area contributed by atoms with Gasteiger partial charge in [0.05, 0.1) is 0 Å². The highest BCUT2D eigenvalue weighted by molar-refractivity contribution is 7.98. The fourth-order valence-corrected chi connectivity index (χ4v) is 3.25. The highest BCUT2D eigenvalue weighted by atomic mass is 32.2. The van der Waals surface area contributed by atoms with E-state index in [2.05, 4.69) is 11.6 Å². The van der Waals surface area contributed by atoms with Gasteiger partial charge in [-0.1, -0.05) is 19.3 Å². The fraction of sp³-hybridized carbons (Fsp3) is 0.929. The molecule has 0 heterocycles. The number of thioether (sulfide) groups is 1. The van der Waals surface area contributed by atoms with Gasteiger partial charge in [0.1, 0.15) is 0 Å². The molecule has 1 amide bonds. The molecule has 0 spiro atoms. The molecule has 1 aliphatic rings. The third-order valence-corrected chi connectivity index (χ3v) is 4.68. The average molecular weight is 272 g/mol. The van der Waals surface area contributed by atoms with Crippen LogP contribution in [0.25, 0.3) is 0 Å². The van der Waals surface area contributed by atoms with Gasteiger partial charge < -0.3 is 11.1 Å². The molecule has 1 saturated carbocycles. The lowest BCUT2D eigenvalue weighted by Gasteiger charge is -2.35. The second-order valence-corrected chi connectivity index (χ2v) is 6.48. The SMILES string of the molecule is CSCCCCNC(=O)CC1(CN)CCCCC1. The van der Waals surface area contributed by atoms with Crippen molar-refractivity contribution >= 4 is 17.7 Å². The van der Waals surface area contributed by atoms with Gasteiger partial charge in [0.15, 0.2) is 0 Å². The molecule has 4 heteroatoms. The van der Waals surface area contributed by atoms with Crippen LogP contribution in [-0.4, -0.2) is 31.0 Å². The molecule has 0 atom stereocenters. The van der Waals surface area contributed by atoms with E-state index < -0.39 is 0 Å². The molecule has 0 aromatic heterocycles. The van der Waals surface area contributed by atoms with Crippen LogP contribution in [-0.2, 0) is 4.79 Å². The number of amides is 1. The van der Waals surface area contributed by atoms with E-state index in [-0.39, 0.29) is 11.3 Å². The first-order chi connectivity index (χ1) is 8.72. The van der Waals surface area contributed by atoms with Gasteiger partial charge >= 0.3 is 0 Å². The van der Waals surface area contributed by atoms with E-state index in [1.807, 2.05) is 11.8 Å². The van der Waals surface area contributed by atoms with Crippen molar-refractivity contribution < 1.29 is 4.79 Å². The lowest BCUT2D eigenvalue weighted by atomic mass is 9.71. The minimum atomic E-state index is 0.0988. The second kappa shape index (κ2) is 8.81. The summed E-state index contributed by atoms with van der Waals surface area (Å²) in [6.07, 6.45) is 11.0. The summed E-state index contributed by atoms with van der Waals surface area (Å²) >= 11 is 1.86. The molecule has 1 rings (SSSR count). The maximum atomic E-state index is 11.9. The molecule has 0 radical (unpaired) electrons. The standard InChI is InChI=1S/C14H28N2OS/c1-18-10-6-5-9-16-13(17)11-14(12-15)7-3-2-4-8-14/h2-12,15H2,1H3,(H,16,17). The van der Waals surface area contributed by atoms with Gasteiger partial charge in [-0.25, -0.2) is 0 Å². The summed E-state index contributed by atoms with van der Waals surface area (Å²) in [7, 11) is 0. The Morgan fingerprint density at radius 2 is 2.00 bits per heavy atom. The van der Waals surface area contributed by atoms with Gasteiger partial charge in [-0.2, -0.15) is 11.8 Å². The first-order valence-corrected chi connectivity index (χ1v) is 8.57. The number of hydrogen-bond acceptors (Lipinski definition) is 3. The number of nitrogens with two attached hydrogens (primary N) is 1. The molecule has 0 saturated heterocycles. The number of hydrogen-bond donors (Lipinski definition) is 2. The van der Waals surface area contributed by atoms with Crippen molar-refractivity contribution in [3.8, 4) is 0 Å². The van der Waals surface area contributed by atoms with E-state index in [9.17, 15) is 4.79 Å². The summed E-state index contributed by atoms with van der Waals surface area (Å²) in [5.74, 6) is 1.38. The summed E-state index contributed by atoms with van der Waals surface area (Å²) < 4.78 is 0. The molecule has 1 fully saturated rings. The zero-order chi connectivity index (χ0) is 13.3. The zero-order valence-corrected chi connectivity index (χ0v) is 12.5. The van der Waals surface area contributed by atoms with E-state index in [0.717, 1.165) is 25.8 Å². The van der Waals surface area contributed by atoms with Gasteiger partial charge in [0.25, 0.3) is 0 Å². The lowest BCUT2D eigenvalue weighted by molar-refractivity contribution is -0.123. The smallest absolute Gasteiger partial charge is 0.220 e. The lowest BCUT2D eigenvalue weighted by Crippen LogP contribution is -2.38. The third-order valence-electron chi connectivity index (χ3n) is 3.98. The molecule has 0 unspecified atom stereocenters. The van der Waals surface area contributed by atoms with E-state index in [4.69, 9.17) is 5.73 Å². The Morgan fingerprint density at radius 3 is 2.61 bits per heavy atom. The van der Waals surface area contributed by atoms with Crippen LogP contribution in [0.15, 0.2) is 0 Å². The molecule has 0 bridgehead atoms. The number of unbranched alkanes of at least 4 members (excludes halogenated alkanes) is 1. The Labute approximate surface area is 116 Å². The highest BCUT2D eigenvalue weighted by Crippen LogP contribution is 2.38. The Morgan fingerprint density at radius 1 is 1.28 bits per heavy atom. The van der Waals surface area contributed by atoms with Crippen molar-refractivity contribution in [2.45, 2.75) is 51.4 Å². The van der Waals surface area contributed by atoms with Gasteiger partial charge in [-0.05, 0) is 49.7 Å². The van der Waals surface area contributed by atoms with Crippen molar-refractivity contribution in [2.75, 3.05) is 25.1 Å². The minimum absolute atomic E-state index is 0.0988. The summed E-state index contributed by atoms with van der Waals surface area (Å²) in [5.41, 5.74) is 6.00. The summed E-state index contributed by atoms with van der Waals surface area (Å²) in [6.45, 7) is 1.48. The van der Waals surface area contributed by atoms with Crippen LogP contribution in [0, 0.1) is 5.41 Å². The Hall–Kier alpha value is -0.220. The minimum Gasteiger partial charge on any atom is -0.356 e. The fourth-order valence-electron chi connectivity index (χ4n) is 2.76. The van der Waals surface area contributed by atoms with E-state index in [1.54, 1.807) is 0 Å². The average Bonchev–Trinajstić information content (AvgIpc) is 2.39. The van der Waals surface area contributed by atoms with E-state index in [0.29, 0.717) is 13.0 Å². The first-order valence-electron chi connectivity index (χ1n) is 7.18. The summed E-state index contributed by atoms with van der Waals surface area (Å²) in [6, 6.07) is 0. The van der Waals surface area contributed by atoms with Crippen molar-refractivity contribution in [1.29, 1.82) is 0 Å². The van der Waals surface area contributed by atoms with Crippen LogP contribution < -0.4 is 11.1 Å². The zero-order valence-electron chi connectivity index (χ0n) is 11.7. The molecule has 3 nitrogen and oxygen atoms in total. The monoisotopic (exact) mass is 272 g/mol. The van der Waals surface area contributed by atoms with Crippen LogP contribution in [0.1, 0.15) is 51.4 Å². The molecule has 3 N–H and O–H groups in total. The molecular weight excluding hydrogens is 244 g/mol. The molecule has 1 aliphatic carbocycles. The topological polar surface area (TPSA) is 55.1 Å². The second-order valence-electron chi connectivity index (χ2n) is 5.49. The number of carbonyl (C=O) groups excluding carboxylic acids is 1. The number of nitrogens with one attached hydrogen (secondary N) is 1. The Bertz CT molecular complexity index is 240. The number of rotatable bonds is 8. The van der Waals surface area contributed by atoms with Crippen molar-refractivity contribution in [1.82, 2.24) is 5.32 Å². The van der Waals surface area contributed by atoms with Crippen LogP contribution in [0.5, 0.6) is 0 Å². The van der Waals surface area contributed by atoms with Gasteiger partial charge in [0, 0.05) is 13.0 Å². The van der Waals surface area contributed by atoms with Crippen molar-refractivity contribution in [3.05, 3.63) is 0 Å². The van der Waals surface area contributed by atoms with Gasteiger partial charge in [-0.3, -0.25) is 4.79 Å². The Balaban J connectivity index is 2.20. The molecule has 0 aromatic carbocycles. The predicted molar refractivity (Wildman–Crippen MR) is 79.8 cm³/mol. The maximum absolute atomic E-state index is 11.9. The third kappa shape index (κ3) is 5.61. The molecule has 0 aliphatic heterocycles. The highest BCUT2D eigenvalue weighted by Gasteiger charge is 2.32. The van der Waals surface area contributed by atoms with Gasteiger partial charge in [-0.15, -0.1) is 0 Å². The summed E-state index contributed by atoms with van der Waals surface area (Å²) in [4.78, 5) is 11.9. The molecule has 0 aromatic rings. The van der Waals surface area contributed by atoms with Gasteiger partial charge in [0.2, 0.25) is 5.91 Å². The van der Waals surface area contributed by atoms with E-state index in [1.165, 1.54) is 31.4 Å². The van der Waals surface area contributed by atoms with Crippen LogP contribution in [0.3, 0.4) is 0 Å². The number of carbonyl (C=O) groups is 1. The Kier molecular flexibility index (Phi) is 7.75. The van der Waals surface area contributed by atoms with Crippen LogP contribution in [0.4, 0.5) is 0 Å². The normalized spacial score (nSPS) is 18.6. The van der Waals surface area contributed by atoms with Crippen LogP contribution >= 0.6 is 11.8 Å². The molecular formula is C14H28N2OS. The quantitative estimate of drug-likeness (QED) is 0.668. The summed E-state index contributed by atoms with van der Waals surface area (Å²) in [5, 5.41) is 3.04. The largest absolute Gasteiger partial charge is 0.356 e. The van der Waals surface area contributed by atoms with Crippen molar-refractivity contribution in [3.63, 3.8) is 0 Å². The predicted octanol–water partition coefficient (Wildman–Crippen LogP) is 2.55. The maximum Gasteiger partial charge on any atom is 0.220 e. The first kappa shape index (κ1) is 15.8. The molecule has 106 valence electrons.